The summed E-state index contributed by atoms with van der Waals surface area (Å²) >= 11 is 1.60. The third-order valence-electron chi connectivity index (χ3n) is 3.71. The van der Waals surface area contributed by atoms with E-state index in [9.17, 15) is 0 Å². The molecule has 0 bridgehead atoms. The van der Waals surface area contributed by atoms with E-state index in [4.69, 9.17) is 0 Å². The lowest BCUT2D eigenvalue weighted by Gasteiger charge is -1.91. The lowest BCUT2D eigenvalue weighted by Crippen LogP contribution is -1.75. The van der Waals surface area contributed by atoms with Crippen molar-refractivity contribution in [2.24, 2.45) is 0 Å². The van der Waals surface area contributed by atoms with Crippen LogP contribution in [0.3, 0.4) is 0 Å². The molecule has 1 aromatic carbocycles. The minimum absolute atomic E-state index is 1.06. The molecule has 6 aromatic heterocycles. The van der Waals surface area contributed by atoms with E-state index in [0.29, 0.717) is 0 Å². The second kappa shape index (κ2) is 22.9. The van der Waals surface area contributed by atoms with Gasteiger partial charge in [0.05, 0.1) is 17.2 Å². The maximum atomic E-state index is 4.18. The van der Waals surface area contributed by atoms with Gasteiger partial charge in [-0.3, -0.25) is 15.0 Å². The van der Waals surface area contributed by atoms with Gasteiger partial charge in [-0.25, -0.2) is 29.9 Å². The van der Waals surface area contributed by atoms with Gasteiger partial charge in [0.15, 0.2) is 0 Å². The number of hydrogen-bond acceptors (Lipinski definition) is 12. The van der Waals surface area contributed by atoms with Crippen LogP contribution in [-0.2, 0) is 0 Å². The predicted molar refractivity (Wildman–Crippen MR) is 150 cm³/mol. The van der Waals surface area contributed by atoms with Gasteiger partial charge in [0.1, 0.15) is 31.6 Å². The molecule has 194 valence electrons. The molecule has 0 aliphatic rings. The Kier molecular flexibility index (Phi) is 17.5. The molecule has 7 rings (SSSR count). The summed E-state index contributed by atoms with van der Waals surface area (Å²) in [6, 6.07) is 19.6. The highest BCUT2D eigenvalue weighted by Crippen LogP contribution is 2.07. The maximum Gasteiger partial charge on any atom is 0.138 e. The van der Waals surface area contributed by atoms with Crippen LogP contribution in [0.5, 0.6) is 0 Å². The van der Waals surface area contributed by atoms with E-state index in [1.165, 1.54) is 43.2 Å². The Bertz CT molecular complexity index is 1080. The summed E-state index contributed by atoms with van der Waals surface area (Å²) < 4.78 is 0. The van der Waals surface area contributed by atoms with Crippen molar-refractivity contribution < 1.29 is 0 Å². The molecule has 6 heterocycles. The Morgan fingerprint density at radius 3 is 1.44 bits per heavy atom. The molecule has 0 N–H and O–H groups in total. The minimum Gasteiger partial charge on any atom is -0.265 e. The average molecular weight is 536 g/mol. The quantitative estimate of drug-likeness (QED) is 0.267. The number of benzene rings is 1. The molecule has 0 saturated carbocycles. The number of aromatic nitrogens is 11. The first-order valence-electron chi connectivity index (χ1n) is 11.3. The average Bonchev–Trinajstić information content (AvgIpc) is 3.67. The Morgan fingerprint density at radius 1 is 0.410 bits per heavy atom. The van der Waals surface area contributed by atoms with Crippen molar-refractivity contribution in [1.29, 1.82) is 0 Å². The first-order chi connectivity index (χ1) is 19.5. The summed E-state index contributed by atoms with van der Waals surface area (Å²) in [4.78, 5) is 33.4. The lowest BCUT2D eigenvalue weighted by atomic mass is 10.2. The molecule has 12 heteroatoms. The van der Waals surface area contributed by atoms with Crippen molar-refractivity contribution in [2.45, 2.75) is 0 Å². The van der Waals surface area contributed by atoms with Gasteiger partial charge in [-0.15, -0.1) is 16.4 Å². The van der Waals surface area contributed by atoms with Crippen molar-refractivity contribution in [3.05, 3.63) is 153 Å². The molecule has 0 amide bonds. The van der Waals surface area contributed by atoms with Crippen molar-refractivity contribution in [3.63, 3.8) is 0 Å². The van der Waals surface area contributed by atoms with Gasteiger partial charge < -0.3 is 0 Å². The predicted octanol–water partition coefficient (Wildman–Crippen LogP) is 4.68. The van der Waals surface area contributed by atoms with Crippen LogP contribution in [0.4, 0.5) is 0 Å². The molecule has 39 heavy (non-hydrogen) atoms. The second-order valence-corrected chi connectivity index (χ2v) is 7.14. The summed E-state index contributed by atoms with van der Waals surface area (Å²) in [6.45, 7) is 0. The van der Waals surface area contributed by atoms with E-state index < -0.39 is 0 Å². The molecular formula is C27H25N11S. The monoisotopic (exact) mass is 535 g/mol. The number of thiazole rings is 1. The molecule has 0 spiro atoms. The molecule has 0 radical (unpaired) electrons. The third kappa shape index (κ3) is 17.6. The first-order valence-corrected chi connectivity index (χ1v) is 12.2. The summed E-state index contributed by atoms with van der Waals surface area (Å²) in [5.74, 6) is 0. The van der Waals surface area contributed by atoms with Crippen LogP contribution >= 0.6 is 11.3 Å². The molecule has 11 nitrogen and oxygen atoms in total. The Morgan fingerprint density at radius 2 is 1.08 bits per heavy atom. The van der Waals surface area contributed by atoms with Crippen molar-refractivity contribution in [2.75, 3.05) is 0 Å². The molecule has 0 aliphatic heterocycles. The zero-order valence-electron chi connectivity index (χ0n) is 20.8. The van der Waals surface area contributed by atoms with Gasteiger partial charge in [-0.1, -0.05) is 30.3 Å². The molecule has 7 aromatic rings. The summed E-state index contributed by atoms with van der Waals surface area (Å²) in [7, 11) is 0. The van der Waals surface area contributed by atoms with E-state index >= 15 is 0 Å². The number of para-hydroxylation sites is 1. The maximum absolute atomic E-state index is 4.18. The zero-order valence-corrected chi connectivity index (χ0v) is 21.6. The fourth-order valence-electron chi connectivity index (χ4n) is 2.17. The van der Waals surface area contributed by atoms with Gasteiger partial charge in [0, 0.05) is 54.1 Å². The van der Waals surface area contributed by atoms with Crippen LogP contribution in [0.25, 0.3) is 10.9 Å². The molecule has 0 aliphatic carbocycles. The number of pyridine rings is 2. The standard InChI is InChI=1S/C9H7N.C5H5N.C4H4N2.2C3H3N3.C3H3NS/c1-2-6-9-8(4-1)5-3-7-10-9;1-2-4-6-5-3-1;1-2-5-4-6-3-1;1-4-2-6-3-5-1;1-2-5-6-3-4-1;1-2-5-3-4-1/h1-7H;1-5H;1-4H;2*1-3H;1-3H. The van der Waals surface area contributed by atoms with Crippen LogP contribution in [0.1, 0.15) is 0 Å². The molecule has 0 saturated heterocycles. The topological polar surface area (TPSA) is 142 Å². The van der Waals surface area contributed by atoms with Crippen molar-refractivity contribution in [3.8, 4) is 0 Å². The fourth-order valence-corrected chi connectivity index (χ4v) is 2.52. The highest BCUT2D eigenvalue weighted by molar-refractivity contribution is 7.07. The van der Waals surface area contributed by atoms with Gasteiger partial charge in [0.25, 0.3) is 0 Å². The fraction of sp³-hybridized carbons (Fsp3) is 0. The normalized spacial score (nSPS) is 8.51. The van der Waals surface area contributed by atoms with Crippen LogP contribution in [0.2, 0.25) is 0 Å². The highest BCUT2D eigenvalue weighted by atomic mass is 32.1. The van der Waals surface area contributed by atoms with E-state index in [1.807, 2.05) is 54.0 Å². The van der Waals surface area contributed by atoms with E-state index in [-0.39, 0.29) is 0 Å². The Balaban J connectivity index is 0.000000167. The summed E-state index contributed by atoms with van der Waals surface area (Å²) in [6.07, 6.45) is 20.8. The van der Waals surface area contributed by atoms with Crippen LogP contribution in [-0.4, -0.2) is 55.1 Å². The zero-order chi connectivity index (χ0) is 27.3. The van der Waals surface area contributed by atoms with Crippen molar-refractivity contribution in [1.82, 2.24) is 55.1 Å². The Hall–Kier alpha value is -5.49. The van der Waals surface area contributed by atoms with Gasteiger partial charge >= 0.3 is 0 Å². The van der Waals surface area contributed by atoms with Crippen LogP contribution in [0, 0.1) is 0 Å². The van der Waals surface area contributed by atoms with Gasteiger partial charge in [-0.05, 0) is 30.3 Å². The lowest BCUT2D eigenvalue weighted by molar-refractivity contribution is 0.969. The van der Waals surface area contributed by atoms with E-state index in [0.717, 1.165) is 5.52 Å². The minimum atomic E-state index is 1.06. The Labute approximate surface area is 229 Å². The number of hydrogen-bond donors (Lipinski definition) is 0. The highest BCUT2D eigenvalue weighted by Gasteiger charge is 1.86. The SMILES string of the molecule is c1ccc2ncccc2c1.c1ccncc1.c1cncnc1.c1cnncn1.c1cscn1.c1ncncn1. The second-order valence-electron chi connectivity index (χ2n) is 6.39. The third-order valence-corrected chi connectivity index (χ3v) is 4.23. The molecular weight excluding hydrogens is 510 g/mol. The first kappa shape index (κ1) is 29.7. The largest absolute Gasteiger partial charge is 0.265 e. The van der Waals surface area contributed by atoms with Gasteiger partial charge in [-0.2, -0.15) is 5.10 Å². The molecule has 0 atom stereocenters. The van der Waals surface area contributed by atoms with Crippen LogP contribution < -0.4 is 0 Å². The van der Waals surface area contributed by atoms with Gasteiger partial charge in [0.2, 0.25) is 0 Å². The number of fused-ring (bicyclic) bond motifs is 1. The summed E-state index contributed by atoms with van der Waals surface area (Å²) in [5.41, 5.74) is 2.85. The van der Waals surface area contributed by atoms with E-state index in [1.54, 1.807) is 60.1 Å². The van der Waals surface area contributed by atoms with Crippen LogP contribution in [0.15, 0.2) is 153 Å². The number of nitrogens with zero attached hydrogens (tertiary/aromatic N) is 11. The smallest absolute Gasteiger partial charge is 0.138 e. The van der Waals surface area contributed by atoms with Crippen molar-refractivity contribution >= 4 is 22.2 Å². The summed E-state index contributed by atoms with van der Waals surface area (Å²) in [5, 5.41) is 10.0. The molecule has 0 unspecified atom stereocenters. The molecule has 0 fully saturated rings. The number of rotatable bonds is 0. The van der Waals surface area contributed by atoms with E-state index in [2.05, 4.69) is 67.2 Å².